The highest BCUT2D eigenvalue weighted by Crippen LogP contribution is 2.13. The predicted octanol–water partition coefficient (Wildman–Crippen LogP) is 1.19. The van der Waals surface area contributed by atoms with Crippen LogP contribution in [0.25, 0.3) is 0 Å². The number of carbonyl (C=O) groups is 1. The maximum atomic E-state index is 10.6. The molecule has 0 N–H and O–H groups in total. The molecule has 2 nitrogen and oxygen atoms in total. The number of rotatable bonds is 0. The van der Waals surface area contributed by atoms with Crippen LogP contribution in [-0.2, 0) is 4.79 Å². The zero-order valence-corrected chi connectivity index (χ0v) is 5.05. The highest BCUT2D eigenvalue weighted by molar-refractivity contribution is 5.91. The van der Waals surface area contributed by atoms with Crippen LogP contribution in [0.3, 0.4) is 0 Å². The minimum absolute atomic E-state index is 0.0952. The van der Waals surface area contributed by atoms with Gasteiger partial charge in [-0.1, -0.05) is 0 Å². The summed E-state index contributed by atoms with van der Waals surface area (Å²) in [7, 11) is 0. The minimum atomic E-state index is 0.0952. The average Bonchev–Trinajstić information content (AvgIpc) is 1.88. The van der Waals surface area contributed by atoms with E-state index in [2.05, 4.69) is 0 Å². The van der Waals surface area contributed by atoms with Crippen molar-refractivity contribution in [3.05, 3.63) is 11.6 Å². The van der Waals surface area contributed by atoms with Gasteiger partial charge in [0, 0.05) is 12.0 Å². The van der Waals surface area contributed by atoms with Crippen LogP contribution in [0.4, 0.5) is 0 Å². The Hall–Kier alpha value is -1.10. The minimum Gasteiger partial charge on any atom is -0.295 e. The summed E-state index contributed by atoms with van der Waals surface area (Å²) < 4.78 is 0. The Kier molecular flexibility index (Phi) is 1.64. The first-order valence-electron chi connectivity index (χ1n) is 2.96. The van der Waals surface area contributed by atoms with Crippen molar-refractivity contribution in [1.29, 1.82) is 5.26 Å². The highest BCUT2D eigenvalue weighted by Gasteiger charge is 2.07. The number of hydrogen-bond acceptors (Lipinski definition) is 2. The highest BCUT2D eigenvalue weighted by atomic mass is 16.1. The van der Waals surface area contributed by atoms with Gasteiger partial charge in [0.25, 0.3) is 0 Å². The normalized spacial score (nSPS) is 18.6. The van der Waals surface area contributed by atoms with Gasteiger partial charge in [0.05, 0.1) is 6.07 Å². The molecule has 46 valence electrons. The van der Waals surface area contributed by atoms with Crippen LogP contribution in [0.1, 0.15) is 19.3 Å². The van der Waals surface area contributed by atoms with E-state index >= 15 is 0 Å². The molecule has 0 saturated heterocycles. The van der Waals surface area contributed by atoms with Gasteiger partial charge in [-0.25, -0.2) is 0 Å². The lowest BCUT2D eigenvalue weighted by atomic mass is 10.00. The monoisotopic (exact) mass is 121 g/mol. The summed E-state index contributed by atoms with van der Waals surface area (Å²) in [6.07, 6.45) is 3.69. The van der Waals surface area contributed by atoms with E-state index in [1.54, 1.807) is 0 Å². The number of nitrogens with zero attached hydrogens (tertiary/aromatic N) is 1. The number of hydrogen-bond donors (Lipinski definition) is 0. The molecule has 0 amide bonds. The summed E-state index contributed by atoms with van der Waals surface area (Å²) in [5, 5.41) is 8.34. The first-order valence-corrected chi connectivity index (χ1v) is 2.96. The Morgan fingerprint density at radius 3 is 2.78 bits per heavy atom. The lowest BCUT2D eigenvalue weighted by molar-refractivity contribution is -0.115. The van der Waals surface area contributed by atoms with Crippen molar-refractivity contribution in [2.75, 3.05) is 0 Å². The molecule has 1 aliphatic rings. The number of nitriles is 1. The quantitative estimate of drug-likeness (QED) is 0.483. The molecule has 0 saturated carbocycles. The van der Waals surface area contributed by atoms with Crippen molar-refractivity contribution in [3.8, 4) is 6.07 Å². The van der Waals surface area contributed by atoms with Crippen molar-refractivity contribution >= 4 is 5.78 Å². The summed E-state index contributed by atoms with van der Waals surface area (Å²) >= 11 is 0. The van der Waals surface area contributed by atoms with Gasteiger partial charge in [-0.15, -0.1) is 0 Å². The van der Waals surface area contributed by atoms with Crippen LogP contribution >= 0.6 is 0 Å². The topological polar surface area (TPSA) is 40.9 Å². The number of ketones is 1. The summed E-state index contributed by atoms with van der Waals surface area (Å²) in [6.45, 7) is 0. The molecular weight excluding hydrogens is 114 g/mol. The van der Waals surface area contributed by atoms with E-state index in [0.717, 1.165) is 12.8 Å². The predicted molar refractivity (Wildman–Crippen MR) is 32.6 cm³/mol. The third-order valence-electron chi connectivity index (χ3n) is 1.35. The van der Waals surface area contributed by atoms with Gasteiger partial charge in [0.2, 0.25) is 0 Å². The van der Waals surface area contributed by atoms with E-state index in [1.165, 1.54) is 6.08 Å². The molecule has 2 heteroatoms. The van der Waals surface area contributed by atoms with Crippen molar-refractivity contribution in [3.63, 3.8) is 0 Å². The molecule has 0 aliphatic heterocycles. The molecule has 0 radical (unpaired) electrons. The standard InChI is InChI=1S/C7H7NO/c8-5-6-2-1-3-7(9)4-6/h4H,1-3H2. The summed E-state index contributed by atoms with van der Waals surface area (Å²) in [6, 6.07) is 1.97. The van der Waals surface area contributed by atoms with Gasteiger partial charge in [-0.05, 0) is 18.9 Å². The van der Waals surface area contributed by atoms with Gasteiger partial charge in [0.15, 0.2) is 5.78 Å². The average molecular weight is 121 g/mol. The number of carbonyl (C=O) groups excluding carboxylic acids is 1. The smallest absolute Gasteiger partial charge is 0.156 e. The molecule has 0 aromatic heterocycles. The molecular formula is C7H7NO. The van der Waals surface area contributed by atoms with Crippen LogP contribution in [0, 0.1) is 11.3 Å². The Morgan fingerprint density at radius 2 is 2.33 bits per heavy atom. The fourth-order valence-corrected chi connectivity index (χ4v) is 0.880. The maximum Gasteiger partial charge on any atom is 0.156 e. The van der Waals surface area contributed by atoms with E-state index in [0.29, 0.717) is 12.0 Å². The molecule has 0 aromatic carbocycles. The zero-order valence-electron chi connectivity index (χ0n) is 5.05. The number of allylic oxidation sites excluding steroid dienone is 2. The largest absolute Gasteiger partial charge is 0.295 e. The lowest BCUT2D eigenvalue weighted by Crippen LogP contribution is -2.00. The Labute approximate surface area is 53.8 Å². The van der Waals surface area contributed by atoms with Crippen LogP contribution in [0.5, 0.6) is 0 Å². The summed E-state index contributed by atoms with van der Waals surface area (Å²) in [5.41, 5.74) is 0.631. The van der Waals surface area contributed by atoms with Gasteiger partial charge in [0.1, 0.15) is 0 Å². The van der Waals surface area contributed by atoms with Crippen LogP contribution in [-0.4, -0.2) is 5.78 Å². The first-order chi connectivity index (χ1) is 4.33. The van der Waals surface area contributed by atoms with Crippen molar-refractivity contribution < 1.29 is 4.79 Å². The fourth-order valence-electron chi connectivity index (χ4n) is 0.880. The molecule has 0 spiro atoms. The van der Waals surface area contributed by atoms with Crippen molar-refractivity contribution in [1.82, 2.24) is 0 Å². The summed E-state index contributed by atoms with van der Waals surface area (Å²) in [5.74, 6) is 0.0952. The second-order valence-electron chi connectivity index (χ2n) is 2.10. The van der Waals surface area contributed by atoms with E-state index < -0.39 is 0 Å². The molecule has 0 fully saturated rings. The molecule has 9 heavy (non-hydrogen) atoms. The Bertz CT molecular complexity index is 197. The van der Waals surface area contributed by atoms with E-state index in [4.69, 9.17) is 5.26 Å². The molecule has 1 rings (SSSR count). The van der Waals surface area contributed by atoms with Gasteiger partial charge >= 0.3 is 0 Å². The first kappa shape index (κ1) is 6.03. The molecule has 1 aliphatic carbocycles. The van der Waals surface area contributed by atoms with E-state index in [-0.39, 0.29) is 5.78 Å². The van der Waals surface area contributed by atoms with Crippen molar-refractivity contribution in [2.45, 2.75) is 19.3 Å². The third-order valence-corrected chi connectivity index (χ3v) is 1.35. The maximum absolute atomic E-state index is 10.6. The van der Waals surface area contributed by atoms with Crippen LogP contribution in [0.2, 0.25) is 0 Å². The molecule has 0 unspecified atom stereocenters. The van der Waals surface area contributed by atoms with Crippen LogP contribution in [0.15, 0.2) is 11.6 Å². The molecule has 0 bridgehead atoms. The van der Waals surface area contributed by atoms with Gasteiger partial charge in [-0.2, -0.15) is 5.26 Å². The van der Waals surface area contributed by atoms with E-state index in [1.807, 2.05) is 6.07 Å². The van der Waals surface area contributed by atoms with Crippen molar-refractivity contribution in [2.24, 2.45) is 0 Å². The van der Waals surface area contributed by atoms with Gasteiger partial charge < -0.3 is 0 Å². The summed E-state index contributed by atoms with van der Waals surface area (Å²) in [4.78, 5) is 10.6. The SMILES string of the molecule is N#CC1=CC(=O)CCC1. The molecule has 0 aromatic rings. The molecule has 0 heterocycles. The van der Waals surface area contributed by atoms with Gasteiger partial charge in [-0.3, -0.25) is 4.79 Å². The zero-order chi connectivity index (χ0) is 6.69. The van der Waals surface area contributed by atoms with E-state index in [9.17, 15) is 4.79 Å². The third kappa shape index (κ3) is 1.39. The Morgan fingerprint density at radius 1 is 1.56 bits per heavy atom. The van der Waals surface area contributed by atoms with Crippen LogP contribution < -0.4 is 0 Å². The fraction of sp³-hybridized carbons (Fsp3) is 0.429. The second kappa shape index (κ2) is 2.45. The lowest BCUT2D eigenvalue weighted by Gasteiger charge is -2.02. The second-order valence-corrected chi connectivity index (χ2v) is 2.10. The Balaban J connectivity index is 2.74. The molecule has 0 atom stereocenters.